The fourth-order valence-electron chi connectivity index (χ4n) is 2.15. The number of hydrogen-bond acceptors (Lipinski definition) is 4. The number of ether oxygens (including phenoxy) is 1. The third-order valence-electron chi connectivity index (χ3n) is 3.09. The van der Waals surface area contributed by atoms with Crippen LogP contribution in [-0.4, -0.2) is 20.8 Å². The predicted octanol–water partition coefficient (Wildman–Crippen LogP) is 3.24. The van der Waals surface area contributed by atoms with E-state index >= 15 is 0 Å². The van der Waals surface area contributed by atoms with Crippen LogP contribution in [0.1, 0.15) is 0 Å². The molecule has 2 heterocycles. The summed E-state index contributed by atoms with van der Waals surface area (Å²) in [7, 11) is 0. The first-order valence-corrected chi connectivity index (χ1v) is 6.73. The number of aromatic nitrogens is 2. The Balaban J connectivity index is 2.41. The van der Waals surface area contributed by atoms with Crippen molar-refractivity contribution >= 4 is 28.8 Å². The molecular formula is C15H8ClFN2O4. The molecule has 116 valence electrons. The zero-order chi connectivity index (χ0) is 16.6. The average Bonchev–Trinajstić information content (AvgIpc) is 2.50. The molecule has 0 fully saturated rings. The molecule has 1 aromatic carbocycles. The lowest BCUT2D eigenvalue weighted by Gasteiger charge is -2.12. The van der Waals surface area contributed by atoms with Crippen LogP contribution in [0, 0.1) is 5.82 Å². The van der Waals surface area contributed by atoms with Crippen LogP contribution in [0.2, 0.25) is 5.15 Å². The maximum Gasteiger partial charge on any atom is 0.511 e. The lowest BCUT2D eigenvalue weighted by Crippen LogP contribution is -2.16. The van der Waals surface area contributed by atoms with E-state index in [2.05, 4.69) is 9.72 Å². The molecule has 3 aromatic rings. The van der Waals surface area contributed by atoms with Crippen LogP contribution in [-0.2, 0) is 0 Å². The highest BCUT2D eigenvalue weighted by molar-refractivity contribution is 6.29. The molecule has 0 radical (unpaired) electrons. The summed E-state index contributed by atoms with van der Waals surface area (Å²) in [6.07, 6.45) is -0.580. The highest BCUT2D eigenvalue weighted by atomic mass is 35.5. The first-order valence-electron chi connectivity index (χ1n) is 6.35. The monoisotopic (exact) mass is 334 g/mol. The van der Waals surface area contributed by atoms with Gasteiger partial charge in [0.15, 0.2) is 5.75 Å². The van der Waals surface area contributed by atoms with E-state index < -0.39 is 23.2 Å². The van der Waals surface area contributed by atoms with Crippen molar-refractivity contribution in [2.24, 2.45) is 0 Å². The minimum atomic E-state index is -1.65. The zero-order valence-electron chi connectivity index (χ0n) is 11.4. The Labute approximate surface area is 133 Å². The number of benzene rings is 1. The highest BCUT2D eigenvalue weighted by Crippen LogP contribution is 2.22. The summed E-state index contributed by atoms with van der Waals surface area (Å²) in [5, 5.41) is 8.90. The Kier molecular flexibility index (Phi) is 3.71. The highest BCUT2D eigenvalue weighted by Gasteiger charge is 2.16. The summed E-state index contributed by atoms with van der Waals surface area (Å²) in [4.78, 5) is 27.0. The van der Waals surface area contributed by atoms with Crippen molar-refractivity contribution in [1.82, 2.24) is 9.55 Å². The summed E-state index contributed by atoms with van der Waals surface area (Å²) in [5.74, 6) is -1.04. The van der Waals surface area contributed by atoms with Gasteiger partial charge in [-0.2, -0.15) is 0 Å². The first-order chi connectivity index (χ1) is 11.0. The molecule has 0 aliphatic heterocycles. The quantitative estimate of drug-likeness (QED) is 0.574. The standard InChI is InChI=1S/C15H8ClFN2O4/c16-12-6-5-8-13(20)11(23-15(21)22)7-19(14(8)18-12)10-4-2-1-3-9(10)17/h1-7H,(H,21,22). The van der Waals surface area contributed by atoms with Crippen molar-refractivity contribution in [3.05, 3.63) is 63.8 Å². The van der Waals surface area contributed by atoms with Gasteiger partial charge < -0.3 is 9.84 Å². The van der Waals surface area contributed by atoms with Gasteiger partial charge in [0.1, 0.15) is 16.6 Å². The SMILES string of the molecule is O=C(O)Oc1cn(-c2ccccc2F)c2nc(Cl)ccc2c1=O. The van der Waals surface area contributed by atoms with E-state index in [4.69, 9.17) is 16.7 Å². The van der Waals surface area contributed by atoms with Crippen molar-refractivity contribution in [2.45, 2.75) is 0 Å². The van der Waals surface area contributed by atoms with Crippen LogP contribution in [0.4, 0.5) is 9.18 Å². The van der Waals surface area contributed by atoms with Gasteiger partial charge >= 0.3 is 6.16 Å². The molecule has 1 N–H and O–H groups in total. The molecular weight excluding hydrogens is 327 g/mol. The van der Waals surface area contributed by atoms with Crippen molar-refractivity contribution in [1.29, 1.82) is 0 Å². The molecule has 0 saturated carbocycles. The molecule has 0 aliphatic rings. The van der Waals surface area contributed by atoms with Crippen molar-refractivity contribution < 1.29 is 19.0 Å². The number of carbonyl (C=O) groups is 1. The van der Waals surface area contributed by atoms with Crippen LogP contribution in [0.15, 0.2) is 47.4 Å². The molecule has 0 aliphatic carbocycles. The molecule has 6 nitrogen and oxygen atoms in total. The summed E-state index contributed by atoms with van der Waals surface area (Å²) >= 11 is 5.85. The summed E-state index contributed by atoms with van der Waals surface area (Å²) < 4.78 is 19.8. The second kappa shape index (κ2) is 5.69. The number of fused-ring (bicyclic) bond motifs is 1. The second-order valence-corrected chi connectivity index (χ2v) is 4.90. The number of rotatable bonds is 2. The molecule has 0 spiro atoms. The lowest BCUT2D eigenvalue weighted by molar-refractivity contribution is 0.144. The van der Waals surface area contributed by atoms with Crippen LogP contribution < -0.4 is 10.2 Å². The topological polar surface area (TPSA) is 81.4 Å². The van der Waals surface area contributed by atoms with E-state index in [1.807, 2.05) is 0 Å². The molecule has 0 atom stereocenters. The molecule has 8 heteroatoms. The minimum absolute atomic E-state index is 0.0522. The van der Waals surface area contributed by atoms with Gasteiger partial charge in [0.2, 0.25) is 5.43 Å². The number of pyridine rings is 2. The van der Waals surface area contributed by atoms with Crippen molar-refractivity contribution in [3.63, 3.8) is 0 Å². The third-order valence-corrected chi connectivity index (χ3v) is 3.30. The van der Waals surface area contributed by atoms with Crippen molar-refractivity contribution in [2.75, 3.05) is 0 Å². The second-order valence-electron chi connectivity index (χ2n) is 4.52. The summed E-state index contributed by atoms with van der Waals surface area (Å²) in [5.41, 5.74) is -0.521. The van der Waals surface area contributed by atoms with Gasteiger partial charge in [-0.1, -0.05) is 23.7 Å². The van der Waals surface area contributed by atoms with Gasteiger partial charge in [-0.25, -0.2) is 14.2 Å². The van der Waals surface area contributed by atoms with Crippen LogP contribution >= 0.6 is 11.6 Å². The van der Waals surface area contributed by atoms with E-state index in [0.717, 1.165) is 6.20 Å². The Morgan fingerprint density at radius 1 is 1.26 bits per heavy atom. The van der Waals surface area contributed by atoms with Gasteiger partial charge in [-0.05, 0) is 24.3 Å². The fraction of sp³-hybridized carbons (Fsp3) is 0. The van der Waals surface area contributed by atoms with Gasteiger partial charge in [0.05, 0.1) is 17.3 Å². The molecule has 23 heavy (non-hydrogen) atoms. The van der Waals surface area contributed by atoms with Crippen LogP contribution in [0.5, 0.6) is 5.75 Å². The maximum atomic E-state index is 14.1. The van der Waals surface area contributed by atoms with Gasteiger partial charge in [-0.3, -0.25) is 9.36 Å². The number of carboxylic acid groups (broad SMARTS) is 1. The number of hydrogen-bond donors (Lipinski definition) is 1. The smallest absolute Gasteiger partial charge is 0.449 e. The van der Waals surface area contributed by atoms with Gasteiger partial charge in [-0.15, -0.1) is 0 Å². The number of nitrogens with zero attached hydrogens (tertiary/aromatic N) is 2. The van der Waals surface area contributed by atoms with E-state index in [1.54, 1.807) is 6.07 Å². The van der Waals surface area contributed by atoms with Crippen LogP contribution in [0.25, 0.3) is 16.7 Å². The molecule has 0 unspecified atom stereocenters. The molecule has 3 rings (SSSR count). The lowest BCUT2D eigenvalue weighted by atomic mass is 10.2. The zero-order valence-corrected chi connectivity index (χ0v) is 12.1. The van der Waals surface area contributed by atoms with E-state index in [0.29, 0.717) is 0 Å². The first kappa shape index (κ1) is 15.0. The number of para-hydroxylation sites is 1. The Morgan fingerprint density at radius 3 is 2.70 bits per heavy atom. The van der Waals surface area contributed by atoms with Gasteiger partial charge in [0, 0.05) is 0 Å². The van der Waals surface area contributed by atoms with E-state index in [-0.39, 0.29) is 21.9 Å². The fourth-order valence-corrected chi connectivity index (χ4v) is 2.30. The normalized spacial score (nSPS) is 10.7. The molecule has 0 saturated heterocycles. The van der Waals surface area contributed by atoms with Crippen LogP contribution in [0.3, 0.4) is 0 Å². The molecule has 2 aromatic heterocycles. The summed E-state index contributed by atoms with van der Waals surface area (Å²) in [6, 6.07) is 8.51. The van der Waals surface area contributed by atoms with Gasteiger partial charge in [0.25, 0.3) is 0 Å². The van der Waals surface area contributed by atoms with E-state index in [9.17, 15) is 14.0 Å². The van der Waals surface area contributed by atoms with Crippen molar-refractivity contribution in [3.8, 4) is 11.4 Å². The Bertz CT molecular complexity index is 987. The largest absolute Gasteiger partial charge is 0.511 e. The minimum Gasteiger partial charge on any atom is -0.449 e. The summed E-state index contributed by atoms with van der Waals surface area (Å²) in [6.45, 7) is 0. The predicted molar refractivity (Wildman–Crippen MR) is 81.0 cm³/mol. The maximum absolute atomic E-state index is 14.1. The Hall–Kier alpha value is -2.93. The van der Waals surface area contributed by atoms with E-state index in [1.165, 1.54) is 34.9 Å². The molecule has 0 bridgehead atoms. The third kappa shape index (κ3) is 2.74. The average molecular weight is 335 g/mol. The molecule has 0 amide bonds. The Morgan fingerprint density at radius 2 is 2.00 bits per heavy atom. The number of halogens is 2.